The summed E-state index contributed by atoms with van der Waals surface area (Å²) in [5.74, 6) is -1.50. The standard InChI is InChI=1S/C32H36N4O6S/c1-31(2,3)21-11-8-19(9-12-21)28(37)35-26-18-23(36-43(7,40)41)14-15-24(26)29(38)33-22-13-10-20-16-27(34-25(20)17-22)30(39)42-32(4,5)6/h8-18,34,36H,1-7H3,(H,33,38)(H,35,37). The molecule has 0 aliphatic carbocycles. The molecule has 0 bridgehead atoms. The van der Waals surface area contributed by atoms with E-state index in [1.807, 2.05) is 12.1 Å². The van der Waals surface area contributed by atoms with Crippen LogP contribution in [0.5, 0.6) is 0 Å². The van der Waals surface area contributed by atoms with Crippen molar-refractivity contribution in [2.45, 2.75) is 52.6 Å². The zero-order valence-electron chi connectivity index (χ0n) is 25.2. The molecule has 1 heterocycles. The number of fused-ring (bicyclic) bond motifs is 1. The second-order valence-electron chi connectivity index (χ2n) is 12.4. The molecule has 4 N–H and O–H groups in total. The van der Waals surface area contributed by atoms with Gasteiger partial charge in [-0.2, -0.15) is 0 Å². The van der Waals surface area contributed by atoms with E-state index in [0.717, 1.165) is 17.2 Å². The molecule has 10 nitrogen and oxygen atoms in total. The molecule has 2 amide bonds. The number of esters is 1. The van der Waals surface area contributed by atoms with Crippen LogP contribution in [0.2, 0.25) is 0 Å². The minimum Gasteiger partial charge on any atom is -0.455 e. The predicted octanol–water partition coefficient (Wildman–Crippen LogP) is 6.30. The molecule has 3 aromatic carbocycles. The molecule has 0 saturated carbocycles. The Balaban J connectivity index is 1.61. The fourth-order valence-electron chi connectivity index (χ4n) is 4.29. The quantitative estimate of drug-likeness (QED) is 0.182. The Bertz CT molecular complexity index is 1810. The molecule has 1 aromatic heterocycles. The molecule has 4 rings (SSSR count). The lowest BCUT2D eigenvalue weighted by atomic mass is 9.86. The van der Waals surface area contributed by atoms with Crippen LogP contribution >= 0.6 is 0 Å². The van der Waals surface area contributed by atoms with Crippen LogP contribution in [0, 0.1) is 0 Å². The molecule has 0 radical (unpaired) electrons. The smallest absolute Gasteiger partial charge is 0.355 e. The Morgan fingerprint density at radius 3 is 2.02 bits per heavy atom. The van der Waals surface area contributed by atoms with Gasteiger partial charge in [-0.1, -0.05) is 39.0 Å². The first-order chi connectivity index (χ1) is 19.9. The average Bonchev–Trinajstić information content (AvgIpc) is 3.30. The lowest BCUT2D eigenvalue weighted by Gasteiger charge is -2.19. The van der Waals surface area contributed by atoms with Gasteiger partial charge in [0.15, 0.2) is 0 Å². The van der Waals surface area contributed by atoms with E-state index in [4.69, 9.17) is 4.74 Å². The van der Waals surface area contributed by atoms with Gasteiger partial charge in [-0.05, 0) is 80.3 Å². The fourth-order valence-corrected chi connectivity index (χ4v) is 4.84. The fraction of sp³-hybridized carbons (Fsp3) is 0.281. The topological polar surface area (TPSA) is 146 Å². The van der Waals surface area contributed by atoms with E-state index in [0.29, 0.717) is 16.8 Å². The number of anilines is 3. The van der Waals surface area contributed by atoms with Crippen LogP contribution in [0.3, 0.4) is 0 Å². The number of carbonyl (C=O) groups excluding carboxylic acids is 3. The molecular formula is C32H36N4O6S. The number of ether oxygens (including phenoxy) is 1. The highest BCUT2D eigenvalue weighted by molar-refractivity contribution is 7.92. The number of nitrogens with one attached hydrogen (secondary N) is 4. The van der Waals surface area contributed by atoms with E-state index >= 15 is 0 Å². The third-order valence-electron chi connectivity index (χ3n) is 6.33. The van der Waals surface area contributed by atoms with Crippen molar-refractivity contribution in [3.8, 4) is 0 Å². The van der Waals surface area contributed by atoms with Gasteiger partial charge < -0.3 is 20.4 Å². The normalized spacial score (nSPS) is 12.1. The summed E-state index contributed by atoms with van der Waals surface area (Å²) in [6.07, 6.45) is 1.01. The van der Waals surface area contributed by atoms with Gasteiger partial charge in [0.25, 0.3) is 11.8 Å². The largest absolute Gasteiger partial charge is 0.455 e. The first kappa shape index (κ1) is 31.3. The lowest BCUT2D eigenvalue weighted by molar-refractivity contribution is 0.00636. The molecule has 0 saturated heterocycles. The molecule has 0 atom stereocenters. The average molecular weight is 605 g/mol. The number of carbonyl (C=O) groups is 3. The monoisotopic (exact) mass is 604 g/mol. The molecule has 4 aromatic rings. The molecule has 43 heavy (non-hydrogen) atoms. The van der Waals surface area contributed by atoms with Crippen molar-refractivity contribution < 1.29 is 27.5 Å². The Kier molecular flexibility index (Phi) is 8.42. The van der Waals surface area contributed by atoms with E-state index < -0.39 is 33.4 Å². The highest BCUT2D eigenvalue weighted by Crippen LogP contribution is 2.27. The maximum absolute atomic E-state index is 13.4. The Hall–Kier alpha value is -4.64. The molecule has 11 heteroatoms. The first-order valence-electron chi connectivity index (χ1n) is 13.6. The molecule has 0 fully saturated rings. The van der Waals surface area contributed by atoms with Crippen LogP contribution < -0.4 is 15.4 Å². The third-order valence-corrected chi connectivity index (χ3v) is 6.93. The summed E-state index contributed by atoms with van der Waals surface area (Å²) in [6.45, 7) is 11.6. The van der Waals surface area contributed by atoms with Crippen LogP contribution in [-0.4, -0.2) is 43.0 Å². The van der Waals surface area contributed by atoms with Crippen LogP contribution in [0.4, 0.5) is 17.1 Å². The van der Waals surface area contributed by atoms with Crippen molar-refractivity contribution in [2.24, 2.45) is 0 Å². The Morgan fingerprint density at radius 1 is 0.767 bits per heavy atom. The van der Waals surface area contributed by atoms with Crippen molar-refractivity contribution in [3.63, 3.8) is 0 Å². The van der Waals surface area contributed by atoms with Crippen molar-refractivity contribution in [1.29, 1.82) is 0 Å². The van der Waals surface area contributed by atoms with E-state index in [-0.39, 0.29) is 28.0 Å². The maximum Gasteiger partial charge on any atom is 0.355 e. The van der Waals surface area contributed by atoms with Gasteiger partial charge in [0.05, 0.1) is 23.2 Å². The molecular weight excluding hydrogens is 568 g/mol. The van der Waals surface area contributed by atoms with Crippen LogP contribution in [0.1, 0.15) is 78.3 Å². The number of sulfonamides is 1. The molecule has 0 spiro atoms. The van der Waals surface area contributed by atoms with E-state index in [2.05, 4.69) is 41.1 Å². The molecule has 0 aliphatic rings. The summed E-state index contributed by atoms with van der Waals surface area (Å²) in [5.41, 5.74) is 2.42. The minimum atomic E-state index is -3.61. The summed E-state index contributed by atoms with van der Waals surface area (Å²) < 4.78 is 31.5. The SMILES string of the molecule is CC(C)(C)OC(=O)c1cc2ccc(NC(=O)c3ccc(NS(C)(=O)=O)cc3NC(=O)c3ccc(C(C)(C)C)cc3)cc2[nH]1. The van der Waals surface area contributed by atoms with Gasteiger partial charge in [-0.3, -0.25) is 14.3 Å². The van der Waals surface area contributed by atoms with Crippen molar-refractivity contribution >= 4 is 55.8 Å². The molecule has 0 unspecified atom stereocenters. The zero-order chi connectivity index (χ0) is 31.7. The van der Waals surface area contributed by atoms with Crippen molar-refractivity contribution in [1.82, 2.24) is 4.98 Å². The number of benzene rings is 3. The number of aromatic amines is 1. The summed E-state index contributed by atoms with van der Waals surface area (Å²) in [6, 6.07) is 18.2. The summed E-state index contributed by atoms with van der Waals surface area (Å²) in [7, 11) is -3.61. The first-order valence-corrected chi connectivity index (χ1v) is 15.5. The number of rotatable bonds is 7. The lowest BCUT2D eigenvalue weighted by Crippen LogP contribution is -2.24. The summed E-state index contributed by atoms with van der Waals surface area (Å²) >= 11 is 0. The van der Waals surface area contributed by atoms with Gasteiger partial charge in [-0.25, -0.2) is 13.2 Å². The van der Waals surface area contributed by atoms with E-state index in [1.165, 1.54) is 18.2 Å². The number of amides is 2. The Labute approximate surface area is 251 Å². The highest BCUT2D eigenvalue weighted by Gasteiger charge is 2.21. The highest BCUT2D eigenvalue weighted by atomic mass is 32.2. The van der Waals surface area contributed by atoms with E-state index in [9.17, 15) is 22.8 Å². The minimum absolute atomic E-state index is 0.0909. The van der Waals surface area contributed by atoms with Gasteiger partial charge in [0, 0.05) is 22.2 Å². The number of hydrogen-bond donors (Lipinski definition) is 4. The van der Waals surface area contributed by atoms with Crippen LogP contribution in [0.15, 0.2) is 66.7 Å². The molecule has 0 aliphatic heterocycles. The van der Waals surface area contributed by atoms with Crippen LogP contribution in [-0.2, 0) is 20.2 Å². The Morgan fingerprint density at radius 2 is 1.42 bits per heavy atom. The van der Waals surface area contributed by atoms with E-state index in [1.54, 1.807) is 57.2 Å². The summed E-state index contributed by atoms with van der Waals surface area (Å²) in [5, 5.41) is 6.31. The maximum atomic E-state index is 13.4. The zero-order valence-corrected chi connectivity index (χ0v) is 26.0. The number of hydrogen-bond acceptors (Lipinski definition) is 6. The predicted molar refractivity (Wildman–Crippen MR) is 169 cm³/mol. The van der Waals surface area contributed by atoms with Gasteiger partial charge in [0.2, 0.25) is 10.0 Å². The van der Waals surface area contributed by atoms with Gasteiger partial charge in [0.1, 0.15) is 11.3 Å². The number of H-pyrrole nitrogens is 1. The van der Waals surface area contributed by atoms with Gasteiger partial charge in [-0.15, -0.1) is 0 Å². The van der Waals surface area contributed by atoms with Crippen molar-refractivity contribution in [2.75, 3.05) is 21.6 Å². The summed E-state index contributed by atoms with van der Waals surface area (Å²) in [4.78, 5) is 42.1. The molecule has 226 valence electrons. The van der Waals surface area contributed by atoms with Crippen molar-refractivity contribution in [3.05, 3.63) is 89.1 Å². The number of aromatic nitrogens is 1. The second kappa shape index (κ2) is 11.6. The third kappa shape index (κ3) is 8.23. The second-order valence-corrected chi connectivity index (χ2v) is 14.1. The van der Waals surface area contributed by atoms with Gasteiger partial charge >= 0.3 is 5.97 Å². The van der Waals surface area contributed by atoms with Crippen LogP contribution in [0.25, 0.3) is 10.9 Å².